The second-order valence-corrected chi connectivity index (χ2v) is 10.5. The van der Waals surface area contributed by atoms with E-state index >= 15 is 4.39 Å². The molecule has 2 aliphatic heterocycles. The number of carbonyl (C=O) groups excluding carboxylic acids is 1. The zero-order valence-electron chi connectivity index (χ0n) is 21.1. The van der Waals surface area contributed by atoms with Gasteiger partial charge in [0.05, 0.1) is 16.1 Å². The Kier molecular flexibility index (Phi) is 6.98. The van der Waals surface area contributed by atoms with E-state index in [9.17, 15) is 13.4 Å². The lowest BCUT2D eigenvalue weighted by molar-refractivity contribution is 0.102. The lowest BCUT2D eigenvalue weighted by Gasteiger charge is -2.29. The third-order valence-corrected chi connectivity index (χ3v) is 7.58. The minimum Gasteiger partial charge on any atom is -0.367 e. The SMILES string of the molecule is CCCc1ccc(S(=O)Nc2ccc(F)c(C(=O)C3=CNC4C3=CC(c3ncc(C)[nH]3)=CN4C)c2F)cc1. The number of ketones is 1. The number of fused-ring (bicyclic) bond motifs is 1. The van der Waals surface area contributed by atoms with Crippen LogP contribution in [0.3, 0.4) is 0 Å². The van der Waals surface area contributed by atoms with Crippen molar-refractivity contribution in [2.75, 3.05) is 11.8 Å². The molecule has 0 amide bonds. The van der Waals surface area contributed by atoms with Gasteiger partial charge in [-0.3, -0.25) is 9.52 Å². The van der Waals surface area contributed by atoms with Crippen LogP contribution >= 0.6 is 0 Å². The highest BCUT2D eigenvalue weighted by Crippen LogP contribution is 2.34. The molecule has 0 bridgehead atoms. The van der Waals surface area contributed by atoms with Gasteiger partial charge in [-0.25, -0.2) is 18.0 Å². The summed E-state index contributed by atoms with van der Waals surface area (Å²) >= 11 is 0. The number of aryl methyl sites for hydroxylation is 2. The summed E-state index contributed by atoms with van der Waals surface area (Å²) in [6, 6.07) is 9.28. The number of hydrogen-bond acceptors (Lipinski definition) is 5. The van der Waals surface area contributed by atoms with E-state index in [1.54, 1.807) is 24.4 Å². The van der Waals surface area contributed by atoms with Crippen molar-refractivity contribution in [2.45, 2.75) is 37.8 Å². The van der Waals surface area contributed by atoms with Crippen LogP contribution in [0.1, 0.15) is 40.8 Å². The van der Waals surface area contributed by atoms with Gasteiger partial charge in [-0.1, -0.05) is 25.5 Å². The van der Waals surface area contributed by atoms with Crippen molar-refractivity contribution in [1.82, 2.24) is 20.2 Å². The van der Waals surface area contributed by atoms with E-state index < -0.39 is 34.0 Å². The summed E-state index contributed by atoms with van der Waals surface area (Å²) < 4.78 is 45.9. The number of Topliss-reactive ketones (excluding diaryl/α,β-unsaturated/α-hetero) is 1. The second-order valence-electron chi connectivity index (χ2n) is 9.27. The zero-order valence-corrected chi connectivity index (χ0v) is 22.0. The topological polar surface area (TPSA) is 90.1 Å². The van der Waals surface area contributed by atoms with Gasteiger partial charge in [0.2, 0.25) is 5.78 Å². The van der Waals surface area contributed by atoms with E-state index in [1.807, 2.05) is 37.2 Å². The predicted molar refractivity (Wildman–Crippen MR) is 143 cm³/mol. The smallest absolute Gasteiger partial charge is 0.200 e. The Morgan fingerprint density at radius 3 is 2.63 bits per heavy atom. The zero-order chi connectivity index (χ0) is 27.0. The van der Waals surface area contributed by atoms with E-state index in [2.05, 4.69) is 26.9 Å². The van der Waals surface area contributed by atoms with Gasteiger partial charge >= 0.3 is 0 Å². The number of allylic oxidation sites excluding steroid dienone is 2. The molecular weight excluding hydrogens is 508 g/mol. The average Bonchev–Trinajstić information content (AvgIpc) is 3.53. The van der Waals surface area contributed by atoms with Gasteiger partial charge in [0.1, 0.15) is 28.8 Å². The average molecular weight is 536 g/mol. The number of anilines is 1. The molecule has 2 atom stereocenters. The van der Waals surface area contributed by atoms with Gasteiger partial charge in [-0.05, 0) is 49.2 Å². The van der Waals surface area contributed by atoms with Gasteiger partial charge < -0.3 is 15.2 Å². The Morgan fingerprint density at radius 1 is 1.18 bits per heavy atom. The number of benzene rings is 2. The van der Waals surface area contributed by atoms with E-state index in [-0.39, 0.29) is 17.4 Å². The first-order valence-electron chi connectivity index (χ1n) is 12.2. The summed E-state index contributed by atoms with van der Waals surface area (Å²) in [4.78, 5) is 23.3. The third-order valence-electron chi connectivity index (χ3n) is 6.47. The number of nitrogens with zero attached hydrogens (tertiary/aromatic N) is 2. The summed E-state index contributed by atoms with van der Waals surface area (Å²) in [6.45, 7) is 3.95. The maximum Gasteiger partial charge on any atom is 0.200 e. The number of imidazole rings is 1. The molecule has 0 aliphatic carbocycles. The van der Waals surface area contributed by atoms with Crippen LogP contribution in [0.15, 0.2) is 77.1 Å². The second kappa shape index (κ2) is 10.4. The standard InChI is InChI=1S/C28H27F2N5O2S/c1-4-5-17-6-8-19(9-7-17)38(37)34-23-11-10-22(29)24(25(23)30)26(36)21-14-32-28-20(21)12-18(15-35(28)3)27-31-13-16(2)33-27/h6-15,28,32,34H,4-5H2,1-3H3,(H,31,33). The monoisotopic (exact) mass is 535 g/mol. The van der Waals surface area contributed by atoms with E-state index in [1.165, 1.54) is 6.20 Å². The molecule has 196 valence electrons. The molecule has 2 aromatic carbocycles. The molecule has 0 saturated heterocycles. The van der Waals surface area contributed by atoms with Crippen molar-refractivity contribution in [2.24, 2.45) is 0 Å². The van der Waals surface area contributed by atoms with E-state index in [4.69, 9.17) is 0 Å². The van der Waals surface area contributed by atoms with Gasteiger partial charge in [0.15, 0.2) is 5.82 Å². The molecule has 1 aromatic heterocycles. The van der Waals surface area contributed by atoms with Crippen LogP contribution < -0.4 is 10.0 Å². The molecule has 2 unspecified atom stereocenters. The molecule has 7 nitrogen and oxygen atoms in total. The number of nitrogens with one attached hydrogen (secondary N) is 3. The maximum absolute atomic E-state index is 15.6. The molecule has 5 rings (SSSR count). The highest BCUT2D eigenvalue weighted by molar-refractivity contribution is 7.86. The highest BCUT2D eigenvalue weighted by Gasteiger charge is 2.35. The normalized spacial score (nSPS) is 17.2. The number of H-pyrrole nitrogens is 1. The first kappa shape index (κ1) is 25.6. The van der Waals surface area contributed by atoms with Gasteiger partial charge in [0, 0.05) is 48.1 Å². The highest BCUT2D eigenvalue weighted by atomic mass is 32.2. The minimum absolute atomic E-state index is 0.137. The number of aromatic amines is 1. The molecule has 3 N–H and O–H groups in total. The number of rotatable bonds is 8. The van der Waals surface area contributed by atoms with Crippen molar-refractivity contribution in [3.8, 4) is 0 Å². The summed E-state index contributed by atoms with van der Waals surface area (Å²) in [6.07, 6.45) is 8.33. The molecule has 3 aromatic rings. The van der Waals surface area contributed by atoms with E-state index in [0.29, 0.717) is 16.3 Å². The van der Waals surface area contributed by atoms with Crippen LogP contribution in [0.2, 0.25) is 0 Å². The number of likely N-dealkylation sites (N-methyl/N-ethyl adjacent to an activating group) is 1. The lowest BCUT2D eigenvalue weighted by Crippen LogP contribution is -2.38. The molecule has 0 radical (unpaired) electrons. The van der Waals surface area contributed by atoms with Crippen molar-refractivity contribution in [3.05, 3.63) is 106 Å². The maximum atomic E-state index is 15.6. The lowest BCUT2D eigenvalue weighted by atomic mass is 9.93. The predicted octanol–water partition coefficient (Wildman–Crippen LogP) is 4.99. The number of halogens is 2. The molecule has 0 spiro atoms. The number of aromatic nitrogens is 2. The summed E-state index contributed by atoms with van der Waals surface area (Å²) in [7, 11) is 0.0219. The number of hydrogen-bond donors (Lipinski definition) is 3. The molecule has 10 heteroatoms. The van der Waals surface area contributed by atoms with E-state index in [0.717, 1.165) is 41.8 Å². The molecule has 38 heavy (non-hydrogen) atoms. The third kappa shape index (κ3) is 4.79. The van der Waals surface area contributed by atoms with Crippen molar-refractivity contribution < 1.29 is 17.8 Å². The fraction of sp³-hybridized carbons (Fsp3) is 0.214. The van der Waals surface area contributed by atoms with Crippen molar-refractivity contribution in [3.63, 3.8) is 0 Å². The molecule has 0 fully saturated rings. The fourth-order valence-electron chi connectivity index (χ4n) is 4.56. The Morgan fingerprint density at radius 2 is 1.95 bits per heavy atom. The first-order chi connectivity index (χ1) is 18.3. The Balaban J connectivity index is 1.42. The fourth-order valence-corrected chi connectivity index (χ4v) is 5.42. The van der Waals surface area contributed by atoms with Crippen LogP contribution in [0.4, 0.5) is 14.5 Å². The molecular formula is C28H27F2N5O2S. The van der Waals surface area contributed by atoms with Crippen LogP contribution in [-0.2, 0) is 17.4 Å². The van der Waals surface area contributed by atoms with Crippen LogP contribution in [0.25, 0.3) is 5.57 Å². The van der Waals surface area contributed by atoms with Crippen molar-refractivity contribution >= 4 is 28.0 Å². The molecule has 2 aliphatic rings. The van der Waals surface area contributed by atoms with Gasteiger partial charge in [0.25, 0.3) is 0 Å². The van der Waals surface area contributed by atoms with Gasteiger partial charge in [-0.15, -0.1) is 0 Å². The van der Waals surface area contributed by atoms with Crippen LogP contribution in [0, 0.1) is 18.6 Å². The summed E-state index contributed by atoms with van der Waals surface area (Å²) in [5.74, 6) is -2.30. The molecule has 0 saturated carbocycles. The summed E-state index contributed by atoms with van der Waals surface area (Å²) in [5.41, 5.74) is 2.47. The van der Waals surface area contributed by atoms with Crippen LogP contribution in [0.5, 0.6) is 0 Å². The van der Waals surface area contributed by atoms with Crippen LogP contribution in [-0.4, -0.2) is 38.1 Å². The minimum atomic E-state index is -1.81. The quantitative estimate of drug-likeness (QED) is 0.354. The Labute approximate surface area is 221 Å². The Bertz CT molecular complexity index is 1520. The summed E-state index contributed by atoms with van der Waals surface area (Å²) in [5, 5.41) is 3.10. The Hall–Kier alpha value is -4.05. The number of carbonyl (C=O) groups is 1. The van der Waals surface area contributed by atoms with Crippen molar-refractivity contribution in [1.29, 1.82) is 0 Å². The molecule has 3 heterocycles. The largest absolute Gasteiger partial charge is 0.367 e. The van der Waals surface area contributed by atoms with Gasteiger partial charge in [-0.2, -0.15) is 0 Å². The first-order valence-corrected chi connectivity index (χ1v) is 13.4.